The van der Waals surface area contributed by atoms with E-state index in [-0.39, 0.29) is 0 Å². The number of hydrogen-bond donors (Lipinski definition) is 1. The molecule has 1 rings (SSSR count). The van der Waals surface area contributed by atoms with Crippen LogP contribution in [0.1, 0.15) is 53.9 Å². The van der Waals surface area contributed by atoms with Gasteiger partial charge in [0.15, 0.2) is 0 Å². The molecule has 3 atom stereocenters. The van der Waals surface area contributed by atoms with E-state index >= 15 is 0 Å². The highest BCUT2D eigenvalue weighted by Crippen LogP contribution is 2.19. The van der Waals surface area contributed by atoms with Gasteiger partial charge in [-0.25, -0.2) is 0 Å². The molecule has 17 heavy (non-hydrogen) atoms. The Balaban J connectivity index is 2.62. The number of nitrogens with one attached hydrogen (secondary N) is 1. The van der Waals surface area contributed by atoms with Gasteiger partial charge in [0.1, 0.15) is 0 Å². The third-order valence-corrected chi connectivity index (χ3v) is 4.22. The van der Waals surface area contributed by atoms with E-state index < -0.39 is 0 Å². The molecule has 0 amide bonds. The van der Waals surface area contributed by atoms with Crippen LogP contribution in [0, 0.1) is 11.8 Å². The van der Waals surface area contributed by atoms with Gasteiger partial charge in [0.2, 0.25) is 0 Å². The second-order valence-corrected chi connectivity index (χ2v) is 6.12. The zero-order valence-electron chi connectivity index (χ0n) is 12.5. The Kier molecular flexibility index (Phi) is 6.50. The third kappa shape index (κ3) is 4.59. The summed E-state index contributed by atoms with van der Waals surface area (Å²) in [5, 5.41) is 3.70. The molecule has 0 spiro atoms. The largest absolute Gasteiger partial charge is 0.314 e. The predicted molar refractivity (Wildman–Crippen MR) is 76.4 cm³/mol. The third-order valence-electron chi connectivity index (χ3n) is 4.22. The molecule has 1 fully saturated rings. The lowest BCUT2D eigenvalue weighted by atomic mass is 9.96. The summed E-state index contributed by atoms with van der Waals surface area (Å²) >= 11 is 0. The van der Waals surface area contributed by atoms with E-state index in [1.807, 2.05) is 0 Å². The molecular formula is C15H32N2. The summed E-state index contributed by atoms with van der Waals surface area (Å²) in [6.07, 6.45) is 3.86. The molecular weight excluding hydrogens is 208 g/mol. The van der Waals surface area contributed by atoms with E-state index in [9.17, 15) is 0 Å². The highest BCUT2D eigenvalue weighted by molar-refractivity contribution is 4.81. The van der Waals surface area contributed by atoms with Gasteiger partial charge in [-0.15, -0.1) is 0 Å². The summed E-state index contributed by atoms with van der Waals surface area (Å²) in [5.41, 5.74) is 0. The summed E-state index contributed by atoms with van der Waals surface area (Å²) in [6, 6.07) is 1.50. The van der Waals surface area contributed by atoms with Gasteiger partial charge in [-0.2, -0.15) is 0 Å². The van der Waals surface area contributed by atoms with E-state index in [0.717, 1.165) is 23.9 Å². The highest BCUT2D eigenvalue weighted by Gasteiger charge is 2.24. The van der Waals surface area contributed by atoms with Crippen LogP contribution in [0.4, 0.5) is 0 Å². The van der Waals surface area contributed by atoms with Crippen molar-refractivity contribution in [2.24, 2.45) is 11.8 Å². The Hall–Kier alpha value is -0.0800. The first-order chi connectivity index (χ1) is 8.08. The highest BCUT2D eigenvalue weighted by atomic mass is 15.2. The molecule has 1 saturated heterocycles. The molecule has 0 aromatic carbocycles. The van der Waals surface area contributed by atoms with Crippen LogP contribution in [0.5, 0.6) is 0 Å². The molecule has 0 aliphatic carbocycles. The summed E-state index contributed by atoms with van der Waals surface area (Å²) in [5.74, 6) is 1.55. The van der Waals surface area contributed by atoms with Crippen molar-refractivity contribution >= 4 is 0 Å². The molecule has 1 N–H and O–H groups in total. The lowest BCUT2D eigenvalue weighted by Crippen LogP contribution is -2.48. The number of hydrogen-bond acceptors (Lipinski definition) is 2. The average Bonchev–Trinajstić information content (AvgIpc) is 2.26. The van der Waals surface area contributed by atoms with E-state index in [0.29, 0.717) is 0 Å². The van der Waals surface area contributed by atoms with Gasteiger partial charge in [0.05, 0.1) is 0 Å². The first-order valence-electron chi connectivity index (χ1n) is 7.55. The van der Waals surface area contributed by atoms with Crippen LogP contribution in [0.15, 0.2) is 0 Å². The Morgan fingerprint density at radius 1 is 1.29 bits per heavy atom. The molecule has 0 saturated carbocycles. The first kappa shape index (κ1) is 15.0. The van der Waals surface area contributed by atoms with Crippen molar-refractivity contribution in [1.82, 2.24) is 10.2 Å². The maximum atomic E-state index is 3.70. The fourth-order valence-electron chi connectivity index (χ4n) is 3.15. The Bertz CT molecular complexity index is 203. The lowest BCUT2D eigenvalue weighted by molar-refractivity contribution is 0.111. The molecule has 0 aromatic heterocycles. The summed E-state index contributed by atoms with van der Waals surface area (Å²) < 4.78 is 0. The van der Waals surface area contributed by atoms with Gasteiger partial charge in [-0.05, 0) is 44.2 Å². The Morgan fingerprint density at radius 3 is 2.53 bits per heavy atom. The van der Waals surface area contributed by atoms with Gasteiger partial charge >= 0.3 is 0 Å². The molecule has 3 unspecified atom stereocenters. The van der Waals surface area contributed by atoms with Crippen LogP contribution in [-0.2, 0) is 0 Å². The van der Waals surface area contributed by atoms with Crippen molar-refractivity contribution < 1.29 is 0 Å². The molecule has 2 heteroatoms. The molecule has 102 valence electrons. The topological polar surface area (TPSA) is 15.3 Å². The molecule has 0 radical (unpaired) electrons. The maximum absolute atomic E-state index is 3.70. The Labute approximate surface area is 108 Å². The minimum Gasteiger partial charge on any atom is -0.314 e. The smallest absolute Gasteiger partial charge is 0.0116 e. The molecule has 1 aliphatic rings. The fraction of sp³-hybridized carbons (Fsp3) is 1.00. The summed E-state index contributed by atoms with van der Waals surface area (Å²) in [4.78, 5) is 2.75. The standard InChI is InChI=1S/C15H32N2/c1-6-14-8-9-17(11-13(5)10-16-14)15(7-2)12(3)4/h12-16H,6-11H2,1-5H3. The van der Waals surface area contributed by atoms with Crippen molar-refractivity contribution in [2.45, 2.75) is 66.0 Å². The van der Waals surface area contributed by atoms with Crippen LogP contribution in [-0.4, -0.2) is 36.6 Å². The monoisotopic (exact) mass is 240 g/mol. The molecule has 1 heterocycles. The maximum Gasteiger partial charge on any atom is 0.0116 e. The van der Waals surface area contributed by atoms with Crippen LogP contribution in [0.3, 0.4) is 0 Å². The average molecular weight is 240 g/mol. The van der Waals surface area contributed by atoms with Crippen LogP contribution in [0.2, 0.25) is 0 Å². The fourth-order valence-corrected chi connectivity index (χ4v) is 3.15. The molecule has 1 aliphatic heterocycles. The van der Waals surface area contributed by atoms with Crippen molar-refractivity contribution in [3.63, 3.8) is 0 Å². The zero-order valence-corrected chi connectivity index (χ0v) is 12.5. The van der Waals surface area contributed by atoms with Gasteiger partial charge in [0, 0.05) is 18.6 Å². The van der Waals surface area contributed by atoms with Gasteiger partial charge in [-0.3, -0.25) is 4.90 Å². The number of nitrogens with zero attached hydrogens (tertiary/aromatic N) is 1. The molecule has 0 aromatic rings. The van der Waals surface area contributed by atoms with Gasteiger partial charge in [0.25, 0.3) is 0 Å². The van der Waals surface area contributed by atoms with E-state index in [1.54, 1.807) is 0 Å². The van der Waals surface area contributed by atoms with E-state index in [2.05, 4.69) is 44.8 Å². The van der Waals surface area contributed by atoms with E-state index in [1.165, 1.54) is 38.9 Å². The van der Waals surface area contributed by atoms with Gasteiger partial charge in [-0.1, -0.05) is 34.6 Å². The zero-order chi connectivity index (χ0) is 12.8. The normalized spacial score (nSPS) is 30.0. The van der Waals surface area contributed by atoms with Gasteiger partial charge < -0.3 is 5.32 Å². The predicted octanol–water partition coefficient (Wildman–Crippen LogP) is 3.13. The van der Waals surface area contributed by atoms with Crippen molar-refractivity contribution in [3.8, 4) is 0 Å². The summed E-state index contributed by atoms with van der Waals surface area (Å²) in [6.45, 7) is 15.5. The number of rotatable bonds is 4. The quantitative estimate of drug-likeness (QED) is 0.812. The first-order valence-corrected chi connectivity index (χ1v) is 7.55. The SMILES string of the molecule is CCC1CCN(C(CC)C(C)C)CC(C)CN1. The van der Waals surface area contributed by atoms with Crippen molar-refractivity contribution in [2.75, 3.05) is 19.6 Å². The molecule has 2 nitrogen and oxygen atoms in total. The van der Waals surface area contributed by atoms with Crippen molar-refractivity contribution in [3.05, 3.63) is 0 Å². The van der Waals surface area contributed by atoms with Crippen LogP contribution < -0.4 is 5.32 Å². The van der Waals surface area contributed by atoms with Crippen LogP contribution >= 0.6 is 0 Å². The minimum atomic E-state index is 0.727. The Morgan fingerprint density at radius 2 is 2.00 bits per heavy atom. The summed E-state index contributed by atoms with van der Waals surface area (Å²) in [7, 11) is 0. The second kappa shape index (κ2) is 7.38. The second-order valence-electron chi connectivity index (χ2n) is 6.12. The van der Waals surface area contributed by atoms with E-state index in [4.69, 9.17) is 0 Å². The molecule has 0 bridgehead atoms. The van der Waals surface area contributed by atoms with Crippen LogP contribution in [0.25, 0.3) is 0 Å². The van der Waals surface area contributed by atoms with Crippen molar-refractivity contribution in [1.29, 1.82) is 0 Å². The minimum absolute atomic E-state index is 0.727. The lowest BCUT2D eigenvalue weighted by Gasteiger charge is -2.38.